The Bertz CT molecular complexity index is 1000. The number of ketones is 1. The van der Waals surface area contributed by atoms with Crippen LogP contribution >= 0.6 is 0 Å². The molecular formula is C22H18O8. The first kappa shape index (κ1) is 18.6. The maximum absolute atomic E-state index is 12.5. The van der Waals surface area contributed by atoms with Crippen LogP contribution < -0.4 is 4.74 Å². The van der Waals surface area contributed by atoms with Crippen molar-refractivity contribution in [1.82, 2.24) is 0 Å². The Morgan fingerprint density at radius 2 is 1.87 bits per heavy atom. The van der Waals surface area contributed by atoms with Gasteiger partial charge < -0.3 is 18.6 Å². The number of fused-ring (bicyclic) bond motifs is 1. The summed E-state index contributed by atoms with van der Waals surface area (Å²) in [7, 11) is 0. The largest absolute Gasteiger partial charge is 0.462 e. The molecule has 154 valence electrons. The van der Waals surface area contributed by atoms with Gasteiger partial charge in [0.15, 0.2) is 12.4 Å². The summed E-state index contributed by atoms with van der Waals surface area (Å²) in [4.78, 5) is 48.8. The Kier molecular flexibility index (Phi) is 4.42. The molecule has 5 atom stereocenters. The number of Topliss-reactive ketones (excluding diaryl/α,β-unsaturated/α-hetero) is 1. The molecule has 1 saturated heterocycles. The SMILES string of the molecule is O=C(COC(=O)[C@@H]1[C@@H]2C[C@@H]3[C@H]1C(=O)O[C@@H]3C2)c1ccc(OC(=O)c2ccco2)cc1. The summed E-state index contributed by atoms with van der Waals surface area (Å²) in [5.74, 6) is -2.30. The highest BCUT2D eigenvalue weighted by Gasteiger charge is 2.64. The van der Waals surface area contributed by atoms with Gasteiger partial charge in [0.05, 0.1) is 18.1 Å². The molecule has 0 radical (unpaired) electrons. The fraction of sp³-hybridized carbons (Fsp3) is 0.364. The first-order valence-electron chi connectivity index (χ1n) is 9.77. The van der Waals surface area contributed by atoms with E-state index in [0.29, 0.717) is 12.0 Å². The highest BCUT2D eigenvalue weighted by molar-refractivity contribution is 5.98. The molecule has 1 aliphatic heterocycles. The number of hydrogen-bond donors (Lipinski definition) is 0. The molecule has 2 heterocycles. The van der Waals surface area contributed by atoms with E-state index in [9.17, 15) is 19.2 Å². The zero-order valence-corrected chi connectivity index (χ0v) is 15.8. The summed E-state index contributed by atoms with van der Waals surface area (Å²) in [6, 6.07) is 8.97. The van der Waals surface area contributed by atoms with Crippen LogP contribution in [0.25, 0.3) is 0 Å². The molecule has 30 heavy (non-hydrogen) atoms. The zero-order chi connectivity index (χ0) is 20.8. The molecule has 2 saturated carbocycles. The summed E-state index contributed by atoms with van der Waals surface area (Å²) in [6.07, 6.45) is 2.80. The summed E-state index contributed by atoms with van der Waals surface area (Å²) < 4.78 is 20.7. The maximum atomic E-state index is 12.5. The molecule has 2 bridgehead atoms. The molecule has 1 aromatic carbocycles. The monoisotopic (exact) mass is 410 g/mol. The Labute approximate surface area is 171 Å². The van der Waals surface area contributed by atoms with Gasteiger partial charge in [0.25, 0.3) is 0 Å². The number of carbonyl (C=O) groups is 4. The first-order valence-corrected chi connectivity index (χ1v) is 9.77. The van der Waals surface area contributed by atoms with Gasteiger partial charge in [-0.2, -0.15) is 0 Å². The third-order valence-corrected chi connectivity index (χ3v) is 6.21. The average molecular weight is 410 g/mol. The van der Waals surface area contributed by atoms with Crippen LogP contribution in [-0.2, 0) is 19.1 Å². The summed E-state index contributed by atoms with van der Waals surface area (Å²) >= 11 is 0. The second-order valence-electron chi connectivity index (χ2n) is 7.84. The molecule has 0 N–H and O–H groups in total. The van der Waals surface area contributed by atoms with Gasteiger partial charge in [-0.15, -0.1) is 0 Å². The van der Waals surface area contributed by atoms with Gasteiger partial charge in [0.1, 0.15) is 11.9 Å². The van der Waals surface area contributed by atoms with E-state index in [4.69, 9.17) is 18.6 Å². The van der Waals surface area contributed by atoms with Crippen molar-refractivity contribution in [3.63, 3.8) is 0 Å². The maximum Gasteiger partial charge on any atom is 0.379 e. The average Bonchev–Trinajstić information content (AvgIpc) is 3.49. The third kappa shape index (κ3) is 3.08. The van der Waals surface area contributed by atoms with Gasteiger partial charge in [-0.05, 0) is 55.2 Å². The Morgan fingerprint density at radius 3 is 2.60 bits per heavy atom. The minimum Gasteiger partial charge on any atom is -0.462 e. The quantitative estimate of drug-likeness (QED) is 0.406. The van der Waals surface area contributed by atoms with Crippen LogP contribution in [0.15, 0.2) is 47.1 Å². The van der Waals surface area contributed by atoms with Gasteiger partial charge in [-0.1, -0.05) is 0 Å². The van der Waals surface area contributed by atoms with Crippen molar-refractivity contribution in [3.05, 3.63) is 54.0 Å². The predicted octanol–water partition coefficient (Wildman–Crippen LogP) is 2.42. The number of furan rings is 1. The van der Waals surface area contributed by atoms with E-state index in [1.54, 1.807) is 6.07 Å². The van der Waals surface area contributed by atoms with E-state index >= 15 is 0 Å². The van der Waals surface area contributed by atoms with E-state index in [1.807, 2.05) is 0 Å². The van der Waals surface area contributed by atoms with Crippen molar-refractivity contribution in [2.45, 2.75) is 18.9 Å². The lowest BCUT2D eigenvalue weighted by molar-refractivity contribution is -0.154. The van der Waals surface area contributed by atoms with Gasteiger partial charge in [-0.3, -0.25) is 14.4 Å². The molecule has 0 amide bonds. The van der Waals surface area contributed by atoms with Crippen molar-refractivity contribution >= 4 is 23.7 Å². The molecule has 5 rings (SSSR count). The fourth-order valence-corrected chi connectivity index (χ4v) is 4.90. The number of carbonyl (C=O) groups excluding carboxylic acids is 4. The minimum atomic E-state index is -0.647. The van der Waals surface area contributed by atoms with Crippen LogP contribution in [0.4, 0.5) is 0 Å². The Hall–Kier alpha value is -3.42. The van der Waals surface area contributed by atoms with E-state index in [1.165, 1.54) is 36.6 Å². The number of hydrogen-bond acceptors (Lipinski definition) is 8. The highest BCUT2D eigenvalue weighted by Crippen LogP contribution is 2.57. The third-order valence-electron chi connectivity index (χ3n) is 6.21. The minimum absolute atomic E-state index is 0.0569. The molecule has 8 heteroatoms. The summed E-state index contributed by atoms with van der Waals surface area (Å²) in [5, 5.41) is 0. The molecule has 3 fully saturated rings. The van der Waals surface area contributed by atoms with E-state index in [2.05, 4.69) is 0 Å². The summed E-state index contributed by atoms with van der Waals surface area (Å²) in [5.41, 5.74) is 0.314. The second-order valence-corrected chi connectivity index (χ2v) is 7.84. The van der Waals surface area contributed by atoms with Gasteiger partial charge >= 0.3 is 17.9 Å². The van der Waals surface area contributed by atoms with Gasteiger partial charge in [0.2, 0.25) is 5.76 Å². The van der Waals surface area contributed by atoms with E-state index < -0.39 is 30.4 Å². The number of benzene rings is 1. The molecule has 1 aromatic heterocycles. The summed E-state index contributed by atoms with van der Waals surface area (Å²) in [6.45, 7) is -0.413. The Balaban J connectivity index is 1.16. The second kappa shape index (κ2) is 7.12. The molecular weight excluding hydrogens is 392 g/mol. The van der Waals surface area contributed by atoms with Crippen LogP contribution in [-0.4, -0.2) is 36.4 Å². The standard InChI is InChI=1S/C22H18O8/c23-15(11-3-5-13(6-4-11)29-20(24)16-2-1-7-27-16)10-28-21(25)18-12-8-14-17(9-12)30-22(26)19(14)18/h1-7,12,14,17-19H,8-10H2/t12-,14+,17-,18-,19-/m1/s1. The number of esters is 3. The van der Waals surface area contributed by atoms with Crippen molar-refractivity contribution in [1.29, 1.82) is 0 Å². The lowest BCUT2D eigenvalue weighted by Gasteiger charge is -2.22. The first-order chi connectivity index (χ1) is 14.5. The smallest absolute Gasteiger partial charge is 0.379 e. The topological polar surface area (TPSA) is 109 Å². The number of ether oxygens (including phenoxy) is 3. The van der Waals surface area contributed by atoms with Crippen molar-refractivity contribution in [2.75, 3.05) is 6.61 Å². The van der Waals surface area contributed by atoms with Gasteiger partial charge in [-0.25, -0.2) is 4.79 Å². The van der Waals surface area contributed by atoms with Crippen LogP contribution in [0.5, 0.6) is 5.75 Å². The van der Waals surface area contributed by atoms with Crippen LogP contribution in [0.3, 0.4) is 0 Å². The van der Waals surface area contributed by atoms with Crippen molar-refractivity contribution < 1.29 is 37.8 Å². The van der Waals surface area contributed by atoms with Gasteiger partial charge in [0, 0.05) is 11.5 Å². The highest BCUT2D eigenvalue weighted by atomic mass is 16.6. The number of rotatable bonds is 6. The predicted molar refractivity (Wildman–Crippen MR) is 98.5 cm³/mol. The van der Waals surface area contributed by atoms with Crippen LogP contribution in [0.1, 0.15) is 33.8 Å². The molecule has 0 spiro atoms. The molecule has 0 unspecified atom stereocenters. The Morgan fingerprint density at radius 1 is 1.07 bits per heavy atom. The van der Waals surface area contributed by atoms with E-state index in [0.717, 1.165) is 6.42 Å². The lowest BCUT2D eigenvalue weighted by Crippen LogP contribution is -2.34. The molecule has 8 nitrogen and oxygen atoms in total. The van der Waals surface area contributed by atoms with Crippen LogP contribution in [0, 0.1) is 23.7 Å². The van der Waals surface area contributed by atoms with Crippen LogP contribution in [0.2, 0.25) is 0 Å². The normalized spacial score (nSPS) is 28.3. The molecule has 3 aliphatic rings. The molecule has 2 aliphatic carbocycles. The fourth-order valence-electron chi connectivity index (χ4n) is 4.90. The van der Waals surface area contributed by atoms with E-state index in [-0.39, 0.29) is 41.2 Å². The zero-order valence-electron chi connectivity index (χ0n) is 15.8. The molecule has 2 aromatic rings. The van der Waals surface area contributed by atoms with Crippen molar-refractivity contribution in [3.8, 4) is 5.75 Å². The lowest BCUT2D eigenvalue weighted by atomic mass is 9.80. The van der Waals surface area contributed by atoms with Crippen molar-refractivity contribution in [2.24, 2.45) is 23.7 Å².